The Kier molecular flexibility index (Phi) is 3.62. The maximum atomic E-state index is 13.6. The topological polar surface area (TPSA) is 62.8 Å². The van der Waals surface area contributed by atoms with Crippen molar-refractivity contribution in [3.8, 4) is 11.6 Å². The number of fused-ring (bicyclic) bond motifs is 1. The molecule has 5 nitrogen and oxygen atoms in total. The van der Waals surface area contributed by atoms with E-state index in [1.54, 1.807) is 12.1 Å². The zero-order valence-corrected chi connectivity index (χ0v) is 12.0. The number of ether oxygens (including phenoxy) is 1. The first-order valence-electron chi connectivity index (χ1n) is 6.77. The lowest BCUT2D eigenvalue weighted by atomic mass is 10.3. The first kappa shape index (κ1) is 14.2. The average molecular weight is 304 g/mol. The lowest BCUT2D eigenvalue weighted by Gasteiger charge is -2.07. The van der Waals surface area contributed by atoms with E-state index in [2.05, 4.69) is 20.5 Å². The zero-order valence-electron chi connectivity index (χ0n) is 12.0. The summed E-state index contributed by atoms with van der Waals surface area (Å²) in [6.07, 6.45) is 0. The fraction of sp³-hybridized carbons (Fsp3) is 0.200. The molecule has 0 aliphatic heterocycles. The van der Waals surface area contributed by atoms with Gasteiger partial charge >= 0.3 is 0 Å². The van der Waals surface area contributed by atoms with Crippen LogP contribution in [0.25, 0.3) is 11.0 Å². The van der Waals surface area contributed by atoms with Crippen LogP contribution >= 0.6 is 0 Å². The van der Waals surface area contributed by atoms with Crippen molar-refractivity contribution in [3.63, 3.8) is 0 Å². The quantitative estimate of drug-likeness (QED) is 0.768. The molecule has 2 aromatic heterocycles. The first-order valence-corrected chi connectivity index (χ1v) is 6.77. The Bertz CT molecular complexity index is 816. The number of aromatic amines is 1. The highest BCUT2D eigenvalue weighted by atomic mass is 19.1. The van der Waals surface area contributed by atoms with Crippen LogP contribution in [0.2, 0.25) is 0 Å². The summed E-state index contributed by atoms with van der Waals surface area (Å²) in [4.78, 5) is 4.22. The fourth-order valence-corrected chi connectivity index (χ4v) is 2.00. The van der Waals surface area contributed by atoms with Crippen molar-refractivity contribution in [2.75, 3.05) is 5.32 Å². The molecule has 0 saturated heterocycles. The molecule has 0 bridgehead atoms. The van der Waals surface area contributed by atoms with Gasteiger partial charge in [-0.1, -0.05) is 0 Å². The van der Waals surface area contributed by atoms with Crippen LogP contribution in [0.5, 0.6) is 11.6 Å². The number of hydrogen-bond donors (Lipinski definition) is 2. The van der Waals surface area contributed by atoms with Crippen LogP contribution in [0.4, 0.5) is 14.6 Å². The molecule has 0 saturated carbocycles. The predicted octanol–water partition coefficient (Wildman–Crippen LogP) is 3.85. The van der Waals surface area contributed by atoms with Crippen LogP contribution < -0.4 is 10.1 Å². The summed E-state index contributed by atoms with van der Waals surface area (Å²) in [5.41, 5.74) is 0.517. The van der Waals surface area contributed by atoms with Gasteiger partial charge in [-0.05, 0) is 32.0 Å². The van der Waals surface area contributed by atoms with Gasteiger partial charge in [-0.15, -0.1) is 0 Å². The summed E-state index contributed by atoms with van der Waals surface area (Å²) in [6.45, 7) is 4.01. The Balaban J connectivity index is 1.89. The molecule has 0 unspecified atom stereocenters. The Morgan fingerprint density at radius 2 is 2.00 bits per heavy atom. The monoisotopic (exact) mass is 304 g/mol. The van der Waals surface area contributed by atoms with Crippen molar-refractivity contribution in [1.82, 2.24) is 15.2 Å². The standard InChI is InChI=1S/C15H14F2N4O/c1-8(2)18-14-10-4-6-13(19-15(10)21-20-14)22-12-5-3-9(16)7-11(12)17/h3-8H,1-2H3,(H2,18,19,20,21). The van der Waals surface area contributed by atoms with Gasteiger partial charge in [0.2, 0.25) is 5.88 Å². The summed E-state index contributed by atoms with van der Waals surface area (Å²) < 4.78 is 31.8. The van der Waals surface area contributed by atoms with Crippen LogP contribution in [0, 0.1) is 11.6 Å². The van der Waals surface area contributed by atoms with Gasteiger partial charge < -0.3 is 10.1 Å². The maximum absolute atomic E-state index is 13.6. The number of rotatable bonds is 4. The molecule has 2 heterocycles. The third-order valence-corrected chi connectivity index (χ3v) is 2.93. The summed E-state index contributed by atoms with van der Waals surface area (Å²) in [5, 5.41) is 10.9. The van der Waals surface area contributed by atoms with Crippen LogP contribution in [0.3, 0.4) is 0 Å². The molecule has 0 aliphatic rings. The second-order valence-corrected chi connectivity index (χ2v) is 5.09. The summed E-state index contributed by atoms with van der Waals surface area (Å²) in [6, 6.07) is 6.71. The molecule has 0 spiro atoms. The van der Waals surface area contributed by atoms with Gasteiger partial charge in [0.15, 0.2) is 23.0 Å². The lowest BCUT2D eigenvalue weighted by Crippen LogP contribution is -2.09. The first-order chi connectivity index (χ1) is 10.5. The van der Waals surface area contributed by atoms with Crippen LogP contribution in [0.15, 0.2) is 30.3 Å². The molecule has 114 valence electrons. The van der Waals surface area contributed by atoms with E-state index in [0.717, 1.165) is 17.5 Å². The summed E-state index contributed by atoms with van der Waals surface area (Å²) in [7, 11) is 0. The van der Waals surface area contributed by atoms with Gasteiger partial charge in [0.25, 0.3) is 0 Å². The summed E-state index contributed by atoms with van der Waals surface area (Å²) in [5.74, 6) is -0.650. The Morgan fingerprint density at radius 3 is 2.73 bits per heavy atom. The van der Waals surface area contributed by atoms with Crippen LogP contribution in [0.1, 0.15) is 13.8 Å². The van der Waals surface area contributed by atoms with E-state index in [-0.39, 0.29) is 17.7 Å². The number of H-pyrrole nitrogens is 1. The number of nitrogens with one attached hydrogen (secondary N) is 2. The molecular formula is C15H14F2N4O. The largest absolute Gasteiger partial charge is 0.436 e. The molecule has 7 heteroatoms. The molecule has 2 N–H and O–H groups in total. The predicted molar refractivity (Wildman–Crippen MR) is 79.1 cm³/mol. The SMILES string of the molecule is CC(C)Nc1n[nH]c2nc(Oc3ccc(F)cc3F)ccc12. The number of pyridine rings is 1. The molecule has 3 rings (SSSR count). The highest BCUT2D eigenvalue weighted by Gasteiger charge is 2.11. The van der Waals surface area contributed by atoms with Crippen molar-refractivity contribution in [2.24, 2.45) is 0 Å². The highest BCUT2D eigenvalue weighted by molar-refractivity contribution is 5.87. The third-order valence-electron chi connectivity index (χ3n) is 2.93. The smallest absolute Gasteiger partial charge is 0.221 e. The minimum Gasteiger partial charge on any atom is -0.436 e. The molecule has 0 atom stereocenters. The van der Waals surface area contributed by atoms with Gasteiger partial charge in [-0.2, -0.15) is 10.1 Å². The Hall–Kier alpha value is -2.70. The Morgan fingerprint density at radius 1 is 1.18 bits per heavy atom. The Labute approximate surface area is 125 Å². The second-order valence-electron chi connectivity index (χ2n) is 5.09. The second kappa shape index (κ2) is 5.59. The van der Waals surface area contributed by atoms with Crippen molar-refractivity contribution in [2.45, 2.75) is 19.9 Å². The van der Waals surface area contributed by atoms with E-state index in [0.29, 0.717) is 11.5 Å². The molecule has 1 aromatic carbocycles. The van der Waals surface area contributed by atoms with Crippen molar-refractivity contribution >= 4 is 16.9 Å². The van der Waals surface area contributed by atoms with E-state index in [9.17, 15) is 8.78 Å². The van der Waals surface area contributed by atoms with Gasteiger partial charge in [0, 0.05) is 18.2 Å². The molecular weight excluding hydrogens is 290 g/mol. The van der Waals surface area contributed by atoms with Crippen LogP contribution in [-0.4, -0.2) is 21.2 Å². The minimum absolute atomic E-state index is 0.0895. The fourth-order valence-electron chi connectivity index (χ4n) is 2.00. The van der Waals surface area contributed by atoms with E-state index in [1.807, 2.05) is 13.8 Å². The molecule has 0 amide bonds. The summed E-state index contributed by atoms with van der Waals surface area (Å²) >= 11 is 0. The van der Waals surface area contributed by atoms with Crippen molar-refractivity contribution < 1.29 is 13.5 Å². The highest BCUT2D eigenvalue weighted by Crippen LogP contribution is 2.27. The number of aromatic nitrogens is 3. The van der Waals surface area contributed by atoms with Crippen LogP contribution in [-0.2, 0) is 0 Å². The van der Waals surface area contributed by atoms with Crippen molar-refractivity contribution in [3.05, 3.63) is 42.0 Å². The molecule has 3 aromatic rings. The third kappa shape index (κ3) is 2.83. The van der Waals surface area contributed by atoms with Gasteiger partial charge in [0.05, 0.1) is 5.39 Å². The van der Waals surface area contributed by atoms with E-state index >= 15 is 0 Å². The molecule has 0 fully saturated rings. The number of halogens is 2. The number of benzene rings is 1. The number of anilines is 1. The van der Waals surface area contributed by atoms with E-state index in [1.165, 1.54) is 6.07 Å². The lowest BCUT2D eigenvalue weighted by molar-refractivity contribution is 0.425. The minimum atomic E-state index is -0.784. The average Bonchev–Trinajstić information content (AvgIpc) is 2.84. The molecule has 0 aliphatic carbocycles. The zero-order chi connectivity index (χ0) is 15.7. The normalized spacial score (nSPS) is 11.1. The van der Waals surface area contributed by atoms with Crippen molar-refractivity contribution in [1.29, 1.82) is 0 Å². The number of hydrogen-bond acceptors (Lipinski definition) is 4. The maximum Gasteiger partial charge on any atom is 0.221 e. The molecule has 0 radical (unpaired) electrons. The number of nitrogens with zero attached hydrogens (tertiary/aromatic N) is 2. The van der Waals surface area contributed by atoms with Gasteiger partial charge in [-0.25, -0.2) is 8.78 Å². The van der Waals surface area contributed by atoms with Gasteiger partial charge in [0.1, 0.15) is 5.82 Å². The molecule has 22 heavy (non-hydrogen) atoms. The van der Waals surface area contributed by atoms with Gasteiger partial charge in [-0.3, -0.25) is 5.10 Å². The van der Waals surface area contributed by atoms with E-state index in [4.69, 9.17) is 4.74 Å². The van der Waals surface area contributed by atoms with E-state index < -0.39 is 11.6 Å².